The van der Waals surface area contributed by atoms with Crippen LogP contribution in [-0.4, -0.2) is 31.5 Å². The molecule has 4 heteroatoms. The van der Waals surface area contributed by atoms with Gasteiger partial charge in [-0.15, -0.1) is 0 Å². The first kappa shape index (κ1) is 12.2. The Kier molecular flexibility index (Phi) is 3.84. The molecule has 1 aromatic rings. The van der Waals surface area contributed by atoms with E-state index in [4.69, 9.17) is 5.73 Å². The highest BCUT2D eigenvalue weighted by Gasteiger charge is 2.21. The summed E-state index contributed by atoms with van der Waals surface area (Å²) in [7, 11) is 1.64. The molecule has 0 bridgehead atoms. The van der Waals surface area contributed by atoms with E-state index in [1.165, 1.54) is 11.1 Å². The maximum absolute atomic E-state index is 10.4. The Labute approximate surface area is 103 Å². The highest BCUT2D eigenvalue weighted by atomic mass is 16.1. The molecule has 0 aromatic heterocycles. The number of carbonyl (C=O) groups excluding carboxylic acids is 1. The second-order valence-electron chi connectivity index (χ2n) is 4.71. The monoisotopic (exact) mass is 229 g/mol. The molecule has 0 aliphatic carbocycles. The van der Waals surface area contributed by atoms with E-state index >= 15 is 0 Å². The number of aryl methyl sites for hydroxylation is 1. The molecule has 1 heterocycles. The van der Waals surface area contributed by atoms with Gasteiger partial charge in [-0.2, -0.15) is 0 Å². The quantitative estimate of drug-likeness (QED) is 0.486. The number of hydrogen-bond acceptors (Lipinski definition) is 3. The molecule has 2 N–H and O–H groups in total. The van der Waals surface area contributed by atoms with Gasteiger partial charge in [0, 0.05) is 5.69 Å². The normalized spacial score (nSPS) is 17.9. The highest BCUT2D eigenvalue weighted by Crippen LogP contribution is 2.30. The summed E-state index contributed by atoms with van der Waals surface area (Å²) in [5.41, 5.74) is 9.29. The molecule has 3 nitrogen and oxygen atoms in total. The van der Waals surface area contributed by atoms with Crippen molar-refractivity contribution in [2.24, 2.45) is 0 Å². The predicted octanol–water partition coefficient (Wildman–Crippen LogP) is 1.57. The Hall–Kier alpha value is -1.29. The zero-order valence-electron chi connectivity index (χ0n) is 10.2. The average Bonchev–Trinajstić information content (AvgIpc) is 2.31. The first-order valence-corrected chi connectivity index (χ1v) is 6.09. The number of piperidine rings is 1. The van der Waals surface area contributed by atoms with Crippen molar-refractivity contribution in [3.63, 3.8) is 0 Å². The molecule has 0 atom stereocenters. The van der Waals surface area contributed by atoms with Crippen LogP contribution in [0.4, 0.5) is 5.69 Å². The molecular formula is C13H18BN2O. The lowest BCUT2D eigenvalue weighted by atomic mass is 9.82. The molecule has 1 aromatic carbocycles. The van der Waals surface area contributed by atoms with Crippen molar-refractivity contribution < 1.29 is 4.79 Å². The van der Waals surface area contributed by atoms with Crippen LogP contribution in [0.3, 0.4) is 0 Å². The summed E-state index contributed by atoms with van der Waals surface area (Å²) in [6, 6.07) is 6.17. The van der Waals surface area contributed by atoms with Crippen LogP contribution < -0.4 is 5.73 Å². The van der Waals surface area contributed by atoms with Crippen LogP contribution >= 0.6 is 0 Å². The summed E-state index contributed by atoms with van der Waals surface area (Å²) in [5.74, 6) is 0.604. The van der Waals surface area contributed by atoms with E-state index in [1.54, 1.807) is 7.41 Å². The van der Waals surface area contributed by atoms with E-state index < -0.39 is 0 Å². The lowest BCUT2D eigenvalue weighted by Gasteiger charge is -2.31. The Morgan fingerprint density at radius 1 is 1.41 bits per heavy atom. The second kappa shape index (κ2) is 5.36. The fourth-order valence-corrected chi connectivity index (χ4v) is 2.60. The minimum Gasteiger partial charge on any atom is -0.399 e. The fourth-order valence-electron chi connectivity index (χ4n) is 2.60. The number of nitrogens with two attached hydrogens (primary N) is 1. The largest absolute Gasteiger partial charge is 0.399 e. The first-order chi connectivity index (χ1) is 8.20. The molecule has 2 rings (SSSR count). The number of rotatable bonds is 3. The van der Waals surface area contributed by atoms with E-state index in [0.29, 0.717) is 5.92 Å². The van der Waals surface area contributed by atoms with Gasteiger partial charge in [-0.25, -0.2) is 0 Å². The summed E-state index contributed by atoms with van der Waals surface area (Å²) in [4.78, 5) is 12.5. The van der Waals surface area contributed by atoms with Crippen molar-refractivity contribution in [1.82, 2.24) is 4.81 Å². The first-order valence-electron chi connectivity index (χ1n) is 6.09. The van der Waals surface area contributed by atoms with Gasteiger partial charge in [0.2, 0.25) is 0 Å². The molecule has 1 aliphatic rings. The van der Waals surface area contributed by atoms with Crippen molar-refractivity contribution >= 4 is 19.3 Å². The molecule has 1 saturated heterocycles. The number of anilines is 1. The van der Waals surface area contributed by atoms with Crippen LogP contribution in [0.2, 0.25) is 0 Å². The highest BCUT2D eigenvalue weighted by molar-refractivity contribution is 6.64. The number of carbonyl (C=O) groups is 1. The summed E-state index contributed by atoms with van der Waals surface area (Å²) < 4.78 is 0. The lowest BCUT2D eigenvalue weighted by molar-refractivity contribution is 0.330. The van der Waals surface area contributed by atoms with Crippen molar-refractivity contribution in [3.8, 4) is 0 Å². The Bertz CT molecular complexity index is 400. The molecular weight excluding hydrogens is 211 g/mol. The summed E-state index contributed by atoms with van der Waals surface area (Å²) in [5, 5.41) is 0. The summed E-state index contributed by atoms with van der Waals surface area (Å²) in [6.45, 7) is 4.05. The molecule has 1 fully saturated rings. The van der Waals surface area contributed by atoms with Crippen molar-refractivity contribution in [1.29, 1.82) is 0 Å². The predicted molar refractivity (Wildman–Crippen MR) is 71.6 cm³/mol. The van der Waals surface area contributed by atoms with Gasteiger partial charge in [-0.3, -0.25) is 0 Å². The SMILES string of the molecule is Cc1cc(N)ccc1C1CCN([B]C=O)CC1. The third-order valence-electron chi connectivity index (χ3n) is 3.53. The van der Waals surface area contributed by atoms with Crippen LogP contribution in [0.15, 0.2) is 18.2 Å². The van der Waals surface area contributed by atoms with Crippen LogP contribution in [0.25, 0.3) is 0 Å². The van der Waals surface area contributed by atoms with Gasteiger partial charge >= 0.3 is 0 Å². The van der Waals surface area contributed by atoms with Crippen molar-refractivity contribution in [3.05, 3.63) is 29.3 Å². The van der Waals surface area contributed by atoms with Gasteiger partial charge in [-0.1, -0.05) is 6.07 Å². The van der Waals surface area contributed by atoms with Gasteiger partial charge in [0.15, 0.2) is 0 Å². The third-order valence-corrected chi connectivity index (χ3v) is 3.53. The van der Waals surface area contributed by atoms with E-state index in [2.05, 4.69) is 17.8 Å². The summed E-state index contributed by atoms with van der Waals surface area (Å²) in [6.07, 6.45) is 3.08. The molecule has 0 unspecified atom stereocenters. The second-order valence-corrected chi connectivity index (χ2v) is 4.71. The summed E-state index contributed by atoms with van der Waals surface area (Å²) >= 11 is 0. The lowest BCUT2D eigenvalue weighted by Crippen LogP contribution is -2.36. The van der Waals surface area contributed by atoms with Crippen LogP contribution in [0.5, 0.6) is 0 Å². The Morgan fingerprint density at radius 3 is 2.71 bits per heavy atom. The van der Waals surface area contributed by atoms with Gasteiger partial charge < -0.3 is 15.3 Å². The van der Waals surface area contributed by atoms with Gasteiger partial charge in [0.25, 0.3) is 7.41 Å². The number of nitrogens with zero attached hydrogens (tertiary/aromatic N) is 1. The molecule has 1 aliphatic heterocycles. The fraction of sp³-hybridized carbons (Fsp3) is 0.462. The zero-order valence-corrected chi connectivity index (χ0v) is 10.2. The van der Waals surface area contributed by atoms with Crippen LogP contribution in [0.1, 0.15) is 29.9 Å². The molecule has 0 saturated carbocycles. The van der Waals surface area contributed by atoms with Crippen molar-refractivity contribution in [2.45, 2.75) is 25.7 Å². The minimum absolute atomic E-state index is 0.604. The number of nitrogen functional groups attached to an aromatic ring is 1. The molecule has 0 amide bonds. The van der Waals surface area contributed by atoms with Gasteiger partial charge in [0.05, 0.1) is 6.19 Å². The van der Waals surface area contributed by atoms with E-state index in [-0.39, 0.29) is 0 Å². The minimum atomic E-state index is 0.604. The molecule has 1 radical (unpaired) electrons. The smallest absolute Gasteiger partial charge is 0.293 e. The molecule has 17 heavy (non-hydrogen) atoms. The van der Waals surface area contributed by atoms with Gasteiger partial charge in [0.1, 0.15) is 0 Å². The standard InChI is InChI=1S/C13H18BN2O/c1-10-8-12(15)2-3-13(10)11-4-6-16(7-5-11)14-9-17/h2-3,8-9,11H,4-7,15H2,1H3. The topological polar surface area (TPSA) is 46.3 Å². The Morgan fingerprint density at radius 2 is 2.12 bits per heavy atom. The third kappa shape index (κ3) is 2.89. The van der Waals surface area contributed by atoms with Crippen LogP contribution in [-0.2, 0) is 4.79 Å². The molecule has 0 spiro atoms. The molecule has 89 valence electrons. The average molecular weight is 229 g/mol. The van der Waals surface area contributed by atoms with Crippen molar-refractivity contribution in [2.75, 3.05) is 18.8 Å². The van der Waals surface area contributed by atoms with E-state index in [9.17, 15) is 4.79 Å². The maximum atomic E-state index is 10.4. The number of hydrogen-bond donors (Lipinski definition) is 1. The van der Waals surface area contributed by atoms with E-state index in [0.717, 1.165) is 37.8 Å². The maximum Gasteiger partial charge on any atom is 0.293 e. The van der Waals surface area contributed by atoms with E-state index in [1.807, 2.05) is 12.1 Å². The Balaban J connectivity index is 2.02. The van der Waals surface area contributed by atoms with Crippen LogP contribution in [0, 0.1) is 6.92 Å². The zero-order chi connectivity index (χ0) is 12.3. The van der Waals surface area contributed by atoms with Gasteiger partial charge in [-0.05, 0) is 62.0 Å². The number of benzene rings is 1.